The standard InChI is InChI=1S/C26H30O2/c1-18-13-14-21-20(16-18)17-24(26(21)19-8-3-2-4-9-19)22-10-5-6-11-23(22)25(28)12-7-15-27/h5-6,10-11,13-14,16,19,27H,2-4,7-9,12,15,17H2,1H3. The van der Waals surface area contributed by atoms with Crippen LogP contribution in [0, 0.1) is 12.8 Å². The van der Waals surface area contributed by atoms with Crippen molar-refractivity contribution in [1.82, 2.24) is 0 Å². The first-order chi connectivity index (χ1) is 13.7. The van der Waals surface area contributed by atoms with Gasteiger partial charge < -0.3 is 5.11 Å². The molecule has 0 aliphatic heterocycles. The minimum absolute atomic E-state index is 0.0641. The van der Waals surface area contributed by atoms with Crippen molar-refractivity contribution >= 4 is 16.9 Å². The lowest BCUT2D eigenvalue weighted by atomic mass is 9.79. The van der Waals surface area contributed by atoms with Crippen molar-refractivity contribution in [3.8, 4) is 0 Å². The number of hydrogen-bond donors (Lipinski definition) is 1. The lowest BCUT2D eigenvalue weighted by Crippen LogP contribution is -2.10. The van der Waals surface area contributed by atoms with Crippen LogP contribution in [-0.2, 0) is 6.42 Å². The molecule has 2 nitrogen and oxygen atoms in total. The van der Waals surface area contributed by atoms with Crippen LogP contribution in [0.5, 0.6) is 0 Å². The fraction of sp³-hybridized carbons (Fsp3) is 0.423. The summed E-state index contributed by atoms with van der Waals surface area (Å²) in [5.41, 5.74) is 8.91. The molecule has 0 aromatic heterocycles. The molecule has 2 aliphatic rings. The maximum absolute atomic E-state index is 12.9. The van der Waals surface area contributed by atoms with Crippen LogP contribution < -0.4 is 0 Å². The quantitative estimate of drug-likeness (QED) is 0.630. The summed E-state index contributed by atoms with van der Waals surface area (Å²) in [5.74, 6) is 0.751. The number of aliphatic hydroxyl groups is 1. The minimum atomic E-state index is 0.0641. The van der Waals surface area contributed by atoms with E-state index in [1.54, 1.807) is 0 Å². The number of benzene rings is 2. The highest BCUT2D eigenvalue weighted by atomic mass is 16.3. The molecule has 2 aromatic carbocycles. The molecule has 2 heteroatoms. The van der Waals surface area contributed by atoms with Crippen LogP contribution in [0.2, 0.25) is 0 Å². The summed E-state index contributed by atoms with van der Waals surface area (Å²) in [6.07, 6.45) is 8.33. The molecular weight excluding hydrogens is 344 g/mol. The first-order valence-corrected chi connectivity index (χ1v) is 10.8. The number of carbonyl (C=O) groups is 1. The van der Waals surface area contributed by atoms with E-state index in [9.17, 15) is 4.79 Å². The van der Waals surface area contributed by atoms with Gasteiger partial charge in [-0.2, -0.15) is 0 Å². The average molecular weight is 375 g/mol. The second-order valence-electron chi connectivity index (χ2n) is 8.36. The van der Waals surface area contributed by atoms with E-state index in [1.165, 1.54) is 59.9 Å². The molecule has 1 fully saturated rings. The van der Waals surface area contributed by atoms with E-state index in [0.717, 1.165) is 17.5 Å². The first kappa shape index (κ1) is 19.1. The highest BCUT2D eigenvalue weighted by molar-refractivity contribution is 6.06. The molecule has 1 saturated carbocycles. The molecular formula is C26H30O2. The van der Waals surface area contributed by atoms with E-state index < -0.39 is 0 Å². The zero-order chi connectivity index (χ0) is 19.5. The first-order valence-electron chi connectivity index (χ1n) is 10.8. The van der Waals surface area contributed by atoms with Gasteiger partial charge in [0.05, 0.1) is 0 Å². The van der Waals surface area contributed by atoms with Crippen molar-refractivity contribution in [1.29, 1.82) is 0 Å². The highest BCUT2D eigenvalue weighted by Crippen LogP contribution is 2.47. The molecule has 0 amide bonds. The number of carbonyl (C=O) groups excluding carboxylic acids is 1. The maximum Gasteiger partial charge on any atom is 0.163 e. The van der Waals surface area contributed by atoms with Crippen LogP contribution in [0.4, 0.5) is 0 Å². The van der Waals surface area contributed by atoms with Gasteiger partial charge in [0, 0.05) is 18.6 Å². The van der Waals surface area contributed by atoms with E-state index in [4.69, 9.17) is 5.11 Å². The number of Topliss-reactive ketones (excluding diaryl/α,β-unsaturated/α-hetero) is 1. The summed E-state index contributed by atoms with van der Waals surface area (Å²) in [7, 11) is 0. The SMILES string of the molecule is Cc1ccc2c(c1)CC(c1ccccc1C(=O)CCCO)=C2C1CCCCC1. The summed E-state index contributed by atoms with van der Waals surface area (Å²) in [6, 6.07) is 15.0. The predicted octanol–water partition coefficient (Wildman–Crippen LogP) is 6.00. The van der Waals surface area contributed by atoms with Gasteiger partial charge in [-0.05, 0) is 66.4 Å². The molecule has 4 rings (SSSR count). The summed E-state index contributed by atoms with van der Waals surface area (Å²) in [5, 5.41) is 9.14. The van der Waals surface area contributed by atoms with Crippen molar-refractivity contribution in [3.63, 3.8) is 0 Å². The Morgan fingerprint density at radius 2 is 1.82 bits per heavy atom. The second-order valence-corrected chi connectivity index (χ2v) is 8.36. The smallest absolute Gasteiger partial charge is 0.163 e. The monoisotopic (exact) mass is 374 g/mol. The number of aryl methyl sites for hydroxylation is 1. The van der Waals surface area contributed by atoms with Gasteiger partial charge in [0.2, 0.25) is 0 Å². The van der Waals surface area contributed by atoms with Crippen LogP contribution in [0.1, 0.15) is 77.6 Å². The highest BCUT2D eigenvalue weighted by Gasteiger charge is 2.30. The van der Waals surface area contributed by atoms with Gasteiger partial charge >= 0.3 is 0 Å². The fourth-order valence-corrected chi connectivity index (χ4v) is 5.04. The molecule has 0 radical (unpaired) electrons. The zero-order valence-electron chi connectivity index (χ0n) is 16.8. The summed E-state index contributed by atoms with van der Waals surface area (Å²) >= 11 is 0. The zero-order valence-corrected chi connectivity index (χ0v) is 16.8. The van der Waals surface area contributed by atoms with Gasteiger partial charge in [0.25, 0.3) is 0 Å². The van der Waals surface area contributed by atoms with Crippen LogP contribution in [0.25, 0.3) is 11.1 Å². The van der Waals surface area contributed by atoms with Crippen LogP contribution in [-0.4, -0.2) is 17.5 Å². The van der Waals surface area contributed by atoms with Gasteiger partial charge in [-0.25, -0.2) is 0 Å². The molecule has 0 heterocycles. The third kappa shape index (κ3) is 3.71. The molecule has 0 bridgehead atoms. The number of aliphatic hydroxyl groups excluding tert-OH is 1. The molecule has 28 heavy (non-hydrogen) atoms. The number of ketones is 1. The van der Waals surface area contributed by atoms with Crippen molar-refractivity contribution in [2.24, 2.45) is 5.92 Å². The number of fused-ring (bicyclic) bond motifs is 1. The Morgan fingerprint density at radius 3 is 2.61 bits per heavy atom. The van der Waals surface area contributed by atoms with Gasteiger partial charge in [0.15, 0.2) is 5.78 Å². The van der Waals surface area contributed by atoms with Gasteiger partial charge in [0.1, 0.15) is 0 Å². The van der Waals surface area contributed by atoms with Crippen molar-refractivity contribution in [2.75, 3.05) is 6.61 Å². The fourth-order valence-electron chi connectivity index (χ4n) is 5.04. The van der Waals surface area contributed by atoms with Crippen molar-refractivity contribution in [2.45, 2.75) is 58.3 Å². The molecule has 0 unspecified atom stereocenters. The number of hydrogen-bond acceptors (Lipinski definition) is 2. The van der Waals surface area contributed by atoms with Crippen LogP contribution >= 0.6 is 0 Å². The van der Waals surface area contributed by atoms with Crippen molar-refractivity contribution < 1.29 is 9.90 Å². The Kier molecular flexibility index (Phi) is 5.77. The predicted molar refractivity (Wildman–Crippen MR) is 115 cm³/mol. The minimum Gasteiger partial charge on any atom is -0.396 e. The summed E-state index contributed by atoms with van der Waals surface area (Å²) < 4.78 is 0. The third-order valence-electron chi connectivity index (χ3n) is 6.37. The summed E-state index contributed by atoms with van der Waals surface area (Å²) in [4.78, 5) is 12.9. The van der Waals surface area contributed by atoms with E-state index in [2.05, 4.69) is 37.3 Å². The number of allylic oxidation sites excluding steroid dienone is 2. The Balaban J connectivity index is 1.81. The lowest BCUT2D eigenvalue weighted by Gasteiger charge is -2.26. The van der Waals surface area contributed by atoms with E-state index in [1.807, 2.05) is 12.1 Å². The molecule has 146 valence electrons. The topological polar surface area (TPSA) is 37.3 Å². The van der Waals surface area contributed by atoms with E-state index in [0.29, 0.717) is 18.8 Å². The molecule has 0 saturated heterocycles. The molecule has 1 N–H and O–H groups in total. The Bertz CT molecular complexity index is 900. The normalized spacial score (nSPS) is 17.1. The van der Waals surface area contributed by atoms with Gasteiger partial charge in [-0.1, -0.05) is 67.3 Å². The second kappa shape index (κ2) is 8.45. The molecule has 2 aromatic rings. The van der Waals surface area contributed by atoms with E-state index >= 15 is 0 Å². The molecule has 2 aliphatic carbocycles. The van der Waals surface area contributed by atoms with Gasteiger partial charge in [-0.3, -0.25) is 4.79 Å². The third-order valence-corrected chi connectivity index (χ3v) is 6.37. The summed E-state index contributed by atoms with van der Waals surface area (Å²) in [6.45, 7) is 2.22. The number of rotatable bonds is 6. The largest absolute Gasteiger partial charge is 0.396 e. The lowest BCUT2D eigenvalue weighted by molar-refractivity contribution is 0.0971. The van der Waals surface area contributed by atoms with Gasteiger partial charge in [-0.15, -0.1) is 0 Å². The molecule has 0 atom stereocenters. The Morgan fingerprint density at radius 1 is 1.04 bits per heavy atom. The van der Waals surface area contributed by atoms with Crippen LogP contribution in [0.3, 0.4) is 0 Å². The van der Waals surface area contributed by atoms with Crippen LogP contribution in [0.15, 0.2) is 42.5 Å². The maximum atomic E-state index is 12.9. The molecule has 0 spiro atoms. The Hall–Kier alpha value is -2.19. The van der Waals surface area contributed by atoms with E-state index in [-0.39, 0.29) is 12.4 Å². The van der Waals surface area contributed by atoms with Crippen molar-refractivity contribution in [3.05, 3.63) is 70.3 Å². The average Bonchev–Trinajstić information content (AvgIpc) is 3.11. The Labute approximate surface area is 168 Å².